The van der Waals surface area contributed by atoms with Crippen molar-refractivity contribution in [3.63, 3.8) is 0 Å². The summed E-state index contributed by atoms with van der Waals surface area (Å²) in [6, 6.07) is 12.3. The molecule has 1 atom stereocenters. The Morgan fingerprint density at radius 2 is 1.80 bits per heavy atom. The van der Waals surface area contributed by atoms with Crippen molar-refractivity contribution in [1.29, 1.82) is 0 Å². The fourth-order valence-electron chi connectivity index (χ4n) is 3.47. The number of amides is 1. The minimum Gasteiger partial charge on any atom is -0.497 e. The molecular formula is C24H25N5O5S. The first kappa shape index (κ1) is 24.1. The normalized spacial score (nSPS) is 11.8. The molecule has 10 nitrogen and oxygen atoms in total. The number of rotatable bonds is 9. The summed E-state index contributed by atoms with van der Waals surface area (Å²) in [6.45, 7) is 1.90. The van der Waals surface area contributed by atoms with E-state index in [1.165, 1.54) is 23.4 Å². The van der Waals surface area contributed by atoms with E-state index >= 15 is 0 Å². The Labute approximate surface area is 205 Å². The van der Waals surface area contributed by atoms with Gasteiger partial charge >= 0.3 is 5.56 Å². The molecule has 4 aromatic rings. The lowest BCUT2D eigenvalue weighted by molar-refractivity contribution is -0.115. The third-order valence-corrected chi connectivity index (χ3v) is 6.67. The lowest BCUT2D eigenvalue weighted by Gasteiger charge is -2.16. The van der Waals surface area contributed by atoms with Crippen molar-refractivity contribution in [2.75, 3.05) is 26.6 Å². The van der Waals surface area contributed by atoms with E-state index in [-0.39, 0.29) is 17.1 Å². The molecule has 35 heavy (non-hydrogen) atoms. The Morgan fingerprint density at radius 3 is 2.51 bits per heavy atom. The summed E-state index contributed by atoms with van der Waals surface area (Å²) in [4.78, 5) is 26.1. The second kappa shape index (κ2) is 10.5. The Morgan fingerprint density at radius 1 is 1.03 bits per heavy atom. The van der Waals surface area contributed by atoms with Crippen LogP contribution in [0.2, 0.25) is 0 Å². The highest BCUT2D eigenvalue weighted by atomic mass is 32.2. The molecule has 2 aromatic heterocycles. The Balaban J connectivity index is 1.58. The SMILES string of the molecule is CC[C@H](Sc1nnc2c(=O)n(-c3cccc(OC)c3)ccn12)C(=O)Nc1ccc(OC)cc1OC. The van der Waals surface area contributed by atoms with E-state index in [0.29, 0.717) is 40.2 Å². The van der Waals surface area contributed by atoms with E-state index < -0.39 is 5.25 Å². The Kier molecular flexibility index (Phi) is 7.25. The zero-order valence-corrected chi connectivity index (χ0v) is 20.5. The third kappa shape index (κ3) is 4.94. The molecule has 0 unspecified atom stereocenters. The van der Waals surface area contributed by atoms with Crippen LogP contribution in [0.15, 0.2) is 64.8 Å². The number of anilines is 1. The largest absolute Gasteiger partial charge is 0.497 e. The maximum Gasteiger partial charge on any atom is 0.300 e. The number of methoxy groups -OCH3 is 3. The quantitative estimate of drug-likeness (QED) is 0.352. The van der Waals surface area contributed by atoms with Gasteiger partial charge in [0, 0.05) is 24.5 Å². The molecular weight excluding hydrogens is 470 g/mol. The summed E-state index contributed by atoms with van der Waals surface area (Å²) in [5, 5.41) is 11.1. The Bertz CT molecular complexity index is 1420. The van der Waals surface area contributed by atoms with Crippen molar-refractivity contribution >= 4 is 29.0 Å². The predicted molar refractivity (Wildman–Crippen MR) is 133 cm³/mol. The van der Waals surface area contributed by atoms with Crippen LogP contribution in [0.3, 0.4) is 0 Å². The van der Waals surface area contributed by atoms with Crippen molar-refractivity contribution in [3.8, 4) is 22.9 Å². The van der Waals surface area contributed by atoms with Gasteiger partial charge in [0.1, 0.15) is 17.2 Å². The van der Waals surface area contributed by atoms with Gasteiger partial charge in [-0.15, -0.1) is 10.2 Å². The summed E-state index contributed by atoms with van der Waals surface area (Å²) >= 11 is 1.23. The van der Waals surface area contributed by atoms with Crippen LogP contribution in [0.25, 0.3) is 11.3 Å². The fraction of sp³-hybridized carbons (Fsp3) is 0.250. The smallest absolute Gasteiger partial charge is 0.300 e. The van der Waals surface area contributed by atoms with E-state index in [1.807, 2.05) is 6.92 Å². The van der Waals surface area contributed by atoms with Gasteiger partial charge in [-0.1, -0.05) is 24.8 Å². The third-order valence-electron chi connectivity index (χ3n) is 5.35. The number of hydrogen-bond acceptors (Lipinski definition) is 8. The average Bonchev–Trinajstić information content (AvgIpc) is 3.31. The fourth-order valence-corrected chi connectivity index (χ4v) is 4.41. The number of nitrogens with zero attached hydrogens (tertiary/aromatic N) is 4. The molecule has 2 heterocycles. The van der Waals surface area contributed by atoms with Crippen LogP contribution < -0.4 is 25.1 Å². The van der Waals surface area contributed by atoms with E-state index in [2.05, 4.69) is 15.5 Å². The van der Waals surface area contributed by atoms with Crippen LogP contribution >= 0.6 is 11.8 Å². The molecule has 182 valence electrons. The topological polar surface area (TPSA) is 109 Å². The van der Waals surface area contributed by atoms with Crippen molar-refractivity contribution in [2.24, 2.45) is 0 Å². The van der Waals surface area contributed by atoms with E-state index in [4.69, 9.17) is 14.2 Å². The molecule has 0 saturated carbocycles. The second-order valence-corrected chi connectivity index (χ2v) is 8.59. The lowest BCUT2D eigenvalue weighted by atomic mass is 10.2. The van der Waals surface area contributed by atoms with Crippen molar-refractivity contribution in [3.05, 3.63) is 65.2 Å². The number of carbonyl (C=O) groups excluding carboxylic acids is 1. The number of nitrogens with one attached hydrogen (secondary N) is 1. The molecule has 0 radical (unpaired) electrons. The maximum absolute atomic E-state index is 13.1. The first-order chi connectivity index (χ1) is 17.0. The number of hydrogen-bond donors (Lipinski definition) is 1. The van der Waals surface area contributed by atoms with Gasteiger partial charge in [0.15, 0.2) is 5.16 Å². The monoisotopic (exact) mass is 495 g/mol. The van der Waals surface area contributed by atoms with Crippen molar-refractivity contribution < 1.29 is 19.0 Å². The molecule has 4 rings (SSSR count). The first-order valence-electron chi connectivity index (χ1n) is 10.8. The van der Waals surface area contributed by atoms with Gasteiger partial charge in [0.05, 0.1) is 38.0 Å². The summed E-state index contributed by atoms with van der Waals surface area (Å²) in [5.74, 6) is 1.53. The minimum absolute atomic E-state index is 0.157. The molecule has 0 spiro atoms. The van der Waals surface area contributed by atoms with Crippen LogP contribution in [-0.4, -0.2) is 51.7 Å². The highest BCUT2D eigenvalue weighted by Gasteiger charge is 2.23. The number of carbonyl (C=O) groups is 1. The molecule has 11 heteroatoms. The van der Waals surface area contributed by atoms with Crippen LogP contribution in [0, 0.1) is 0 Å². The average molecular weight is 496 g/mol. The van der Waals surface area contributed by atoms with Gasteiger partial charge in [-0.25, -0.2) is 0 Å². The lowest BCUT2D eigenvalue weighted by Crippen LogP contribution is -2.25. The van der Waals surface area contributed by atoms with Gasteiger partial charge in [0.2, 0.25) is 11.6 Å². The van der Waals surface area contributed by atoms with Gasteiger partial charge in [-0.05, 0) is 30.7 Å². The van der Waals surface area contributed by atoms with Crippen molar-refractivity contribution in [1.82, 2.24) is 19.2 Å². The molecule has 1 N–H and O–H groups in total. The number of aromatic nitrogens is 4. The Hall–Kier alpha value is -3.99. The first-order valence-corrected chi connectivity index (χ1v) is 11.7. The standard InChI is InChI=1S/C24H25N5O5S/c1-5-20(22(30)25-18-10-9-17(33-3)14-19(18)34-4)35-24-27-26-21-23(31)28(11-12-29(21)24)15-7-6-8-16(13-15)32-2/h6-14,20H,5H2,1-4H3,(H,25,30)/t20-/m0/s1. The minimum atomic E-state index is -0.477. The molecule has 0 aliphatic heterocycles. The molecule has 0 saturated heterocycles. The molecule has 0 aliphatic rings. The van der Waals surface area contributed by atoms with Crippen LogP contribution in [0.5, 0.6) is 17.2 Å². The van der Waals surface area contributed by atoms with Gasteiger partial charge in [0.25, 0.3) is 0 Å². The maximum atomic E-state index is 13.1. The molecule has 2 aromatic carbocycles. The molecule has 0 bridgehead atoms. The van der Waals surface area contributed by atoms with E-state index in [0.717, 1.165) is 0 Å². The molecule has 0 aliphatic carbocycles. The number of thioether (sulfide) groups is 1. The summed E-state index contributed by atoms with van der Waals surface area (Å²) in [7, 11) is 4.65. The highest BCUT2D eigenvalue weighted by molar-refractivity contribution is 8.00. The predicted octanol–water partition coefficient (Wildman–Crippen LogP) is 3.42. The van der Waals surface area contributed by atoms with Crippen molar-refractivity contribution in [2.45, 2.75) is 23.8 Å². The number of fused-ring (bicyclic) bond motifs is 1. The summed E-state index contributed by atoms with van der Waals surface area (Å²) in [6.07, 6.45) is 3.88. The van der Waals surface area contributed by atoms with Crippen LogP contribution in [-0.2, 0) is 4.79 Å². The van der Waals surface area contributed by atoms with E-state index in [9.17, 15) is 9.59 Å². The van der Waals surface area contributed by atoms with E-state index in [1.54, 1.807) is 73.5 Å². The van der Waals surface area contributed by atoms with Gasteiger partial charge in [-0.3, -0.25) is 18.6 Å². The zero-order valence-electron chi connectivity index (χ0n) is 19.7. The summed E-state index contributed by atoms with van der Waals surface area (Å²) < 4.78 is 18.9. The number of ether oxygens (including phenoxy) is 3. The second-order valence-electron chi connectivity index (χ2n) is 7.42. The zero-order chi connectivity index (χ0) is 24.9. The highest BCUT2D eigenvalue weighted by Crippen LogP contribution is 2.31. The van der Waals surface area contributed by atoms with Gasteiger partial charge < -0.3 is 19.5 Å². The van der Waals surface area contributed by atoms with Crippen LogP contribution in [0.4, 0.5) is 5.69 Å². The summed E-state index contributed by atoms with van der Waals surface area (Å²) in [5.41, 5.74) is 1.00. The molecule has 0 fully saturated rings. The van der Waals surface area contributed by atoms with Gasteiger partial charge in [-0.2, -0.15) is 0 Å². The van der Waals surface area contributed by atoms with Crippen LogP contribution in [0.1, 0.15) is 13.3 Å². The number of benzene rings is 2. The molecule has 1 amide bonds.